The highest BCUT2D eigenvalue weighted by Crippen LogP contribution is 2.29. The molecule has 0 unspecified atom stereocenters. The average Bonchev–Trinajstić information content (AvgIpc) is 2.23. The molecule has 1 aromatic rings. The molecule has 1 heterocycles. The third kappa shape index (κ3) is 5.29. The molecule has 0 bridgehead atoms. The van der Waals surface area contributed by atoms with Crippen LogP contribution in [0.15, 0.2) is 16.7 Å². The smallest absolute Gasteiger partial charge is 0.407 e. The van der Waals surface area contributed by atoms with E-state index in [9.17, 15) is 4.79 Å². The van der Waals surface area contributed by atoms with E-state index >= 15 is 0 Å². The van der Waals surface area contributed by atoms with E-state index in [4.69, 9.17) is 16.3 Å². The molecule has 4 nitrogen and oxygen atoms in total. The fourth-order valence-corrected chi connectivity index (χ4v) is 2.49. The first-order chi connectivity index (χ1) is 9.01. The number of alkyl carbamates (subject to hydrolysis) is 1. The van der Waals surface area contributed by atoms with Gasteiger partial charge in [-0.2, -0.15) is 0 Å². The van der Waals surface area contributed by atoms with Crippen LogP contribution in [0.3, 0.4) is 0 Å². The Hall–Kier alpha value is -0.810. The minimum atomic E-state index is -0.512. The van der Waals surface area contributed by atoms with Crippen LogP contribution >= 0.6 is 27.5 Å². The van der Waals surface area contributed by atoms with Crippen molar-refractivity contribution in [2.45, 2.75) is 45.6 Å². The first-order valence-electron chi connectivity index (χ1n) is 6.30. The number of nitrogens with zero attached hydrogens (tertiary/aromatic N) is 1. The maximum Gasteiger partial charge on any atom is 0.407 e. The number of hydrogen-bond donors (Lipinski definition) is 1. The van der Waals surface area contributed by atoms with E-state index < -0.39 is 17.1 Å². The summed E-state index contributed by atoms with van der Waals surface area (Å²) in [7, 11) is 0. The second kappa shape index (κ2) is 6.31. The van der Waals surface area contributed by atoms with E-state index in [0.29, 0.717) is 11.6 Å². The zero-order valence-electron chi connectivity index (χ0n) is 12.4. The van der Waals surface area contributed by atoms with E-state index in [1.54, 1.807) is 12.3 Å². The van der Waals surface area contributed by atoms with Gasteiger partial charge in [0.05, 0.1) is 10.7 Å². The molecule has 0 aliphatic carbocycles. The molecule has 1 aromatic heterocycles. The average molecular weight is 364 g/mol. The van der Waals surface area contributed by atoms with Crippen molar-refractivity contribution in [2.75, 3.05) is 6.54 Å². The quantitative estimate of drug-likeness (QED) is 0.871. The van der Waals surface area contributed by atoms with Crippen molar-refractivity contribution in [2.24, 2.45) is 0 Å². The molecule has 112 valence electrons. The number of aromatic nitrogens is 1. The number of carbonyl (C=O) groups is 1. The summed E-state index contributed by atoms with van der Waals surface area (Å²) in [6.07, 6.45) is 1.25. The van der Waals surface area contributed by atoms with E-state index in [2.05, 4.69) is 26.2 Å². The van der Waals surface area contributed by atoms with Crippen LogP contribution in [0, 0.1) is 0 Å². The second-order valence-electron chi connectivity index (χ2n) is 6.22. The molecule has 0 saturated carbocycles. The van der Waals surface area contributed by atoms with Crippen molar-refractivity contribution in [3.05, 3.63) is 27.5 Å². The maximum absolute atomic E-state index is 11.7. The Bertz CT molecular complexity index is 498. The number of amides is 1. The highest BCUT2D eigenvalue weighted by molar-refractivity contribution is 9.10. The fourth-order valence-electron chi connectivity index (χ4n) is 1.60. The van der Waals surface area contributed by atoms with Gasteiger partial charge in [-0.1, -0.05) is 25.4 Å². The van der Waals surface area contributed by atoms with Gasteiger partial charge in [-0.25, -0.2) is 4.79 Å². The van der Waals surface area contributed by atoms with Gasteiger partial charge >= 0.3 is 6.09 Å². The van der Waals surface area contributed by atoms with Crippen LogP contribution in [0.4, 0.5) is 4.79 Å². The summed E-state index contributed by atoms with van der Waals surface area (Å²) < 4.78 is 6.03. The largest absolute Gasteiger partial charge is 0.444 e. The van der Waals surface area contributed by atoms with Gasteiger partial charge in [-0.3, -0.25) is 4.98 Å². The lowest BCUT2D eigenvalue weighted by atomic mass is 9.88. The molecule has 0 aromatic carbocycles. The van der Waals surface area contributed by atoms with Crippen molar-refractivity contribution in [3.8, 4) is 0 Å². The third-order valence-corrected chi connectivity index (χ3v) is 3.24. The summed E-state index contributed by atoms with van der Waals surface area (Å²) in [6.45, 7) is 9.79. The van der Waals surface area contributed by atoms with E-state index in [1.165, 1.54) is 0 Å². The number of rotatable bonds is 3. The fraction of sp³-hybridized carbons (Fsp3) is 0.571. The third-order valence-electron chi connectivity index (χ3n) is 2.52. The molecule has 1 amide bonds. The van der Waals surface area contributed by atoms with Gasteiger partial charge in [-0.05, 0) is 42.8 Å². The maximum atomic E-state index is 11.7. The van der Waals surface area contributed by atoms with Crippen molar-refractivity contribution < 1.29 is 9.53 Å². The number of nitrogens with one attached hydrogen (secondary N) is 1. The van der Waals surface area contributed by atoms with Gasteiger partial charge in [0.15, 0.2) is 0 Å². The normalized spacial score (nSPS) is 12.2. The summed E-state index contributed by atoms with van der Waals surface area (Å²) in [5.41, 5.74) is -0.172. The van der Waals surface area contributed by atoms with Crippen LogP contribution < -0.4 is 5.32 Å². The highest BCUT2D eigenvalue weighted by Gasteiger charge is 2.27. The van der Waals surface area contributed by atoms with Gasteiger partial charge in [0.1, 0.15) is 5.60 Å². The first kappa shape index (κ1) is 17.2. The van der Waals surface area contributed by atoms with Crippen molar-refractivity contribution >= 4 is 33.6 Å². The SMILES string of the molecule is CC(C)(C)OC(=O)NCC(C)(C)c1ncc(Br)cc1Cl. The van der Waals surface area contributed by atoms with E-state index in [-0.39, 0.29) is 0 Å². The molecular weight excluding hydrogens is 344 g/mol. The Morgan fingerprint density at radius 2 is 2.00 bits per heavy atom. The Morgan fingerprint density at radius 3 is 2.50 bits per heavy atom. The number of halogens is 2. The summed E-state index contributed by atoms with van der Waals surface area (Å²) in [5.74, 6) is 0. The predicted molar refractivity (Wildman–Crippen MR) is 84.2 cm³/mol. The Labute approximate surface area is 133 Å². The van der Waals surface area contributed by atoms with Crippen LogP contribution in [0.2, 0.25) is 5.02 Å². The first-order valence-corrected chi connectivity index (χ1v) is 7.47. The Balaban J connectivity index is 2.72. The zero-order valence-corrected chi connectivity index (χ0v) is 14.7. The molecule has 1 N–H and O–H groups in total. The lowest BCUT2D eigenvalue weighted by molar-refractivity contribution is 0.0517. The summed E-state index contributed by atoms with van der Waals surface area (Å²) in [6, 6.07) is 1.79. The van der Waals surface area contributed by atoms with Crippen LogP contribution in [0.5, 0.6) is 0 Å². The monoisotopic (exact) mass is 362 g/mol. The van der Waals surface area contributed by atoms with Crippen LogP contribution in [-0.4, -0.2) is 23.2 Å². The molecule has 0 aliphatic rings. The standard InChI is InChI=1S/C14H20BrClN2O2/c1-13(2,3)20-12(19)18-8-14(4,5)11-10(16)6-9(15)7-17-11/h6-7H,8H2,1-5H3,(H,18,19). The Morgan fingerprint density at radius 1 is 1.40 bits per heavy atom. The van der Waals surface area contributed by atoms with Crippen LogP contribution in [0.1, 0.15) is 40.3 Å². The topological polar surface area (TPSA) is 51.2 Å². The van der Waals surface area contributed by atoms with E-state index in [1.807, 2.05) is 34.6 Å². The van der Waals surface area contributed by atoms with Gasteiger partial charge in [0, 0.05) is 22.6 Å². The molecule has 0 spiro atoms. The predicted octanol–water partition coefficient (Wildman–Crippen LogP) is 4.30. The van der Waals surface area contributed by atoms with Gasteiger partial charge < -0.3 is 10.1 Å². The van der Waals surface area contributed by atoms with Gasteiger partial charge in [-0.15, -0.1) is 0 Å². The molecule has 0 radical (unpaired) electrons. The summed E-state index contributed by atoms with van der Waals surface area (Å²) >= 11 is 9.52. The second-order valence-corrected chi connectivity index (χ2v) is 7.55. The van der Waals surface area contributed by atoms with Crippen LogP contribution in [0.25, 0.3) is 0 Å². The van der Waals surface area contributed by atoms with E-state index in [0.717, 1.165) is 10.2 Å². The number of hydrogen-bond acceptors (Lipinski definition) is 3. The minimum Gasteiger partial charge on any atom is -0.444 e. The Kier molecular flexibility index (Phi) is 5.44. The molecule has 0 atom stereocenters. The van der Waals surface area contributed by atoms with Crippen molar-refractivity contribution in [3.63, 3.8) is 0 Å². The van der Waals surface area contributed by atoms with Crippen molar-refractivity contribution in [1.29, 1.82) is 0 Å². The van der Waals surface area contributed by atoms with Crippen LogP contribution in [-0.2, 0) is 10.2 Å². The van der Waals surface area contributed by atoms with Crippen molar-refractivity contribution in [1.82, 2.24) is 10.3 Å². The number of carbonyl (C=O) groups excluding carboxylic acids is 1. The lowest BCUT2D eigenvalue weighted by Crippen LogP contribution is -2.40. The number of pyridine rings is 1. The minimum absolute atomic E-state index is 0.385. The number of ether oxygens (including phenoxy) is 1. The molecular formula is C14H20BrClN2O2. The molecule has 0 saturated heterocycles. The molecule has 20 heavy (non-hydrogen) atoms. The van der Waals surface area contributed by atoms with Gasteiger partial charge in [0.25, 0.3) is 0 Å². The van der Waals surface area contributed by atoms with Gasteiger partial charge in [0.2, 0.25) is 0 Å². The highest BCUT2D eigenvalue weighted by atomic mass is 79.9. The molecule has 6 heteroatoms. The summed E-state index contributed by atoms with van der Waals surface area (Å²) in [5, 5.41) is 3.31. The molecule has 0 aliphatic heterocycles. The zero-order chi connectivity index (χ0) is 15.6. The lowest BCUT2D eigenvalue weighted by Gasteiger charge is -2.27. The molecule has 1 rings (SSSR count). The molecule has 0 fully saturated rings. The summed E-state index contributed by atoms with van der Waals surface area (Å²) in [4.78, 5) is 16.0.